The molecule has 1 aliphatic rings. The fourth-order valence-electron chi connectivity index (χ4n) is 2.37. The van der Waals surface area contributed by atoms with Crippen molar-refractivity contribution in [1.82, 2.24) is 10.2 Å². The van der Waals surface area contributed by atoms with Crippen LogP contribution in [0.15, 0.2) is 29.3 Å². The summed E-state index contributed by atoms with van der Waals surface area (Å²) in [6.07, 6.45) is 0.493. The van der Waals surface area contributed by atoms with Gasteiger partial charge in [0.15, 0.2) is 5.96 Å². The van der Waals surface area contributed by atoms with Crippen LogP contribution in [0.2, 0.25) is 0 Å². The second-order valence-corrected chi connectivity index (χ2v) is 5.13. The predicted octanol–water partition coefficient (Wildman–Crippen LogP) is 1.64. The molecule has 1 amide bonds. The van der Waals surface area contributed by atoms with Crippen LogP contribution in [0.3, 0.4) is 0 Å². The summed E-state index contributed by atoms with van der Waals surface area (Å²) in [4.78, 5) is 18.3. The zero-order valence-corrected chi connectivity index (χ0v) is 12.3. The first kappa shape index (κ1) is 14.4. The SMILES string of the molecule is CCNC(=NC[C@@H]1CC(=O)Nc2ccccc21)N(C)C. The molecule has 0 spiro atoms. The van der Waals surface area contributed by atoms with Gasteiger partial charge < -0.3 is 15.5 Å². The summed E-state index contributed by atoms with van der Waals surface area (Å²) in [5.74, 6) is 1.07. The summed E-state index contributed by atoms with van der Waals surface area (Å²) < 4.78 is 0. The number of nitrogens with one attached hydrogen (secondary N) is 2. The number of guanidine groups is 1. The Balaban J connectivity index is 2.17. The third-order valence-electron chi connectivity index (χ3n) is 3.33. The highest BCUT2D eigenvalue weighted by Crippen LogP contribution is 2.31. The van der Waals surface area contributed by atoms with Gasteiger partial charge in [-0.3, -0.25) is 9.79 Å². The van der Waals surface area contributed by atoms with Gasteiger partial charge in [0.25, 0.3) is 0 Å². The molecule has 0 fully saturated rings. The third kappa shape index (κ3) is 3.29. The summed E-state index contributed by atoms with van der Waals surface area (Å²) in [5.41, 5.74) is 2.09. The Hall–Kier alpha value is -2.04. The summed E-state index contributed by atoms with van der Waals surface area (Å²) >= 11 is 0. The molecule has 1 heterocycles. The van der Waals surface area contributed by atoms with Crippen molar-refractivity contribution in [3.8, 4) is 0 Å². The molecule has 5 heteroatoms. The number of hydrogen-bond donors (Lipinski definition) is 2. The van der Waals surface area contributed by atoms with Gasteiger partial charge in [-0.25, -0.2) is 0 Å². The van der Waals surface area contributed by atoms with Crippen LogP contribution in [-0.2, 0) is 4.79 Å². The molecule has 5 nitrogen and oxygen atoms in total. The summed E-state index contributed by atoms with van der Waals surface area (Å²) in [6, 6.07) is 7.95. The van der Waals surface area contributed by atoms with E-state index in [1.54, 1.807) is 0 Å². The zero-order valence-electron chi connectivity index (χ0n) is 12.3. The number of hydrogen-bond acceptors (Lipinski definition) is 2. The number of rotatable bonds is 3. The normalized spacial score (nSPS) is 18.2. The highest BCUT2D eigenvalue weighted by molar-refractivity contribution is 5.94. The lowest BCUT2D eigenvalue weighted by Gasteiger charge is -2.25. The van der Waals surface area contributed by atoms with E-state index in [0.29, 0.717) is 13.0 Å². The maximum atomic E-state index is 11.8. The molecular weight excluding hydrogens is 252 g/mol. The van der Waals surface area contributed by atoms with Crippen LogP contribution in [0.25, 0.3) is 0 Å². The monoisotopic (exact) mass is 274 g/mol. The lowest BCUT2D eigenvalue weighted by Crippen LogP contribution is -2.36. The first-order valence-electron chi connectivity index (χ1n) is 6.96. The molecule has 2 N–H and O–H groups in total. The van der Waals surface area contributed by atoms with Crippen LogP contribution in [0, 0.1) is 0 Å². The van der Waals surface area contributed by atoms with Gasteiger partial charge in [0.05, 0.1) is 6.54 Å². The standard InChI is InChI=1S/C15H22N4O/c1-4-16-15(19(2)3)17-10-11-9-14(20)18-13-8-6-5-7-12(11)13/h5-8,11H,4,9-10H2,1-3H3,(H,16,17)(H,18,20)/t11-/m0/s1. The minimum atomic E-state index is 0.0683. The molecule has 0 saturated carbocycles. The molecule has 1 aliphatic heterocycles. The Labute approximate surface area is 120 Å². The molecular formula is C15H22N4O. The number of carbonyl (C=O) groups excluding carboxylic acids is 1. The van der Waals surface area contributed by atoms with E-state index in [4.69, 9.17) is 0 Å². The fraction of sp³-hybridized carbons (Fsp3) is 0.467. The number of aliphatic imine (C=N–C) groups is 1. The summed E-state index contributed by atoms with van der Waals surface area (Å²) in [5, 5.41) is 6.14. The van der Waals surface area contributed by atoms with Gasteiger partial charge in [0.1, 0.15) is 0 Å². The van der Waals surface area contributed by atoms with Crippen molar-refractivity contribution in [2.75, 3.05) is 32.5 Å². The Morgan fingerprint density at radius 1 is 1.45 bits per heavy atom. The first-order valence-corrected chi connectivity index (χ1v) is 6.96. The molecule has 2 rings (SSSR count). The van der Waals surface area contributed by atoms with Gasteiger partial charge in [-0.1, -0.05) is 18.2 Å². The molecule has 0 saturated heterocycles. The largest absolute Gasteiger partial charge is 0.357 e. The Morgan fingerprint density at radius 2 is 2.20 bits per heavy atom. The molecule has 1 aromatic rings. The minimum absolute atomic E-state index is 0.0683. The van der Waals surface area contributed by atoms with Gasteiger partial charge >= 0.3 is 0 Å². The minimum Gasteiger partial charge on any atom is -0.357 e. The molecule has 20 heavy (non-hydrogen) atoms. The fourth-order valence-corrected chi connectivity index (χ4v) is 2.37. The molecule has 1 aromatic carbocycles. The Kier molecular flexibility index (Phi) is 4.61. The molecule has 0 aliphatic carbocycles. The number of amides is 1. The number of anilines is 1. The van der Waals surface area contributed by atoms with Crippen LogP contribution in [0.1, 0.15) is 24.8 Å². The molecule has 1 atom stereocenters. The van der Waals surface area contributed by atoms with E-state index in [9.17, 15) is 4.79 Å². The number of benzene rings is 1. The van der Waals surface area contributed by atoms with Gasteiger partial charge in [-0.2, -0.15) is 0 Å². The van der Waals surface area contributed by atoms with E-state index < -0.39 is 0 Å². The van der Waals surface area contributed by atoms with Crippen molar-refractivity contribution in [2.24, 2.45) is 4.99 Å². The Bertz CT molecular complexity index is 510. The van der Waals surface area contributed by atoms with Crippen molar-refractivity contribution in [3.05, 3.63) is 29.8 Å². The van der Waals surface area contributed by atoms with E-state index in [1.165, 1.54) is 5.56 Å². The van der Waals surface area contributed by atoms with E-state index in [1.807, 2.05) is 44.1 Å². The van der Waals surface area contributed by atoms with Crippen molar-refractivity contribution >= 4 is 17.6 Å². The highest BCUT2D eigenvalue weighted by Gasteiger charge is 2.24. The van der Waals surface area contributed by atoms with Crippen molar-refractivity contribution in [2.45, 2.75) is 19.3 Å². The maximum Gasteiger partial charge on any atom is 0.225 e. The zero-order chi connectivity index (χ0) is 14.5. The van der Waals surface area contributed by atoms with Crippen molar-refractivity contribution in [3.63, 3.8) is 0 Å². The molecule has 108 valence electrons. The molecule has 0 unspecified atom stereocenters. The number of fused-ring (bicyclic) bond motifs is 1. The molecule has 0 bridgehead atoms. The lowest BCUT2D eigenvalue weighted by atomic mass is 9.91. The number of nitrogens with zero attached hydrogens (tertiary/aromatic N) is 2. The number of para-hydroxylation sites is 1. The highest BCUT2D eigenvalue weighted by atomic mass is 16.1. The lowest BCUT2D eigenvalue weighted by molar-refractivity contribution is -0.116. The average Bonchev–Trinajstić information content (AvgIpc) is 2.42. The Morgan fingerprint density at radius 3 is 2.90 bits per heavy atom. The average molecular weight is 274 g/mol. The van der Waals surface area contributed by atoms with E-state index >= 15 is 0 Å². The van der Waals surface area contributed by atoms with Crippen LogP contribution >= 0.6 is 0 Å². The second kappa shape index (κ2) is 6.41. The van der Waals surface area contributed by atoms with Gasteiger partial charge in [-0.05, 0) is 18.6 Å². The van der Waals surface area contributed by atoms with E-state index in [0.717, 1.165) is 18.2 Å². The van der Waals surface area contributed by atoms with E-state index in [2.05, 4.69) is 21.7 Å². The van der Waals surface area contributed by atoms with Crippen LogP contribution < -0.4 is 10.6 Å². The van der Waals surface area contributed by atoms with Crippen molar-refractivity contribution in [1.29, 1.82) is 0 Å². The summed E-state index contributed by atoms with van der Waals surface area (Å²) in [6.45, 7) is 3.49. The molecule has 0 radical (unpaired) electrons. The van der Waals surface area contributed by atoms with Gasteiger partial charge in [0.2, 0.25) is 5.91 Å². The van der Waals surface area contributed by atoms with Gasteiger partial charge in [-0.15, -0.1) is 0 Å². The quantitative estimate of drug-likeness (QED) is 0.651. The van der Waals surface area contributed by atoms with E-state index in [-0.39, 0.29) is 11.8 Å². The smallest absolute Gasteiger partial charge is 0.225 e. The second-order valence-electron chi connectivity index (χ2n) is 5.13. The van der Waals surface area contributed by atoms with Crippen LogP contribution in [-0.4, -0.2) is 44.0 Å². The molecule has 0 aromatic heterocycles. The summed E-state index contributed by atoms with van der Waals surface area (Å²) in [7, 11) is 3.92. The topological polar surface area (TPSA) is 56.7 Å². The predicted molar refractivity (Wildman–Crippen MR) is 82.1 cm³/mol. The van der Waals surface area contributed by atoms with Gasteiger partial charge in [0, 0.05) is 38.7 Å². The number of carbonyl (C=O) groups is 1. The maximum absolute atomic E-state index is 11.8. The first-order chi connectivity index (χ1) is 9.61. The van der Waals surface area contributed by atoms with Crippen molar-refractivity contribution < 1.29 is 4.79 Å². The van der Waals surface area contributed by atoms with Crippen LogP contribution in [0.5, 0.6) is 0 Å². The third-order valence-corrected chi connectivity index (χ3v) is 3.33. The van der Waals surface area contributed by atoms with Crippen LogP contribution in [0.4, 0.5) is 5.69 Å².